The van der Waals surface area contributed by atoms with Crippen molar-refractivity contribution in [3.63, 3.8) is 0 Å². The molecule has 0 unspecified atom stereocenters. The summed E-state index contributed by atoms with van der Waals surface area (Å²) in [4.78, 5) is 53.9. The van der Waals surface area contributed by atoms with Crippen LogP contribution in [0.2, 0.25) is 0 Å². The number of aliphatic hydroxyl groups is 1. The predicted octanol–water partition coefficient (Wildman–Crippen LogP) is 2.30. The number of methoxy groups -OCH3 is 2. The Hall–Kier alpha value is -3.58. The number of nitrogens with zero attached hydrogens (tertiary/aromatic N) is 1. The minimum Gasteiger partial charge on any atom is -0.439 e. The minimum absolute atomic E-state index is 0.109. The molecule has 0 saturated heterocycles. The van der Waals surface area contributed by atoms with Gasteiger partial charge in [0, 0.05) is 43.9 Å². The first-order chi connectivity index (χ1) is 21.2. The van der Waals surface area contributed by atoms with Crippen molar-refractivity contribution in [3.05, 3.63) is 58.5 Å². The van der Waals surface area contributed by atoms with E-state index in [4.69, 9.17) is 19.9 Å². The SMILES string of the molecule is CO[C@H]1/C=C/C=C(/C)C(=O)NC2=CC(=O)C(NCCCN(C)C)=C(C[C@@H](C)C[C@H](OC)[C@H](O)[C@@H](C)/C=C(\C)[C@@H]1OC(N)=O)C2=O. The zero-order valence-corrected chi connectivity index (χ0v) is 27.7. The van der Waals surface area contributed by atoms with Gasteiger partial charge in [-0.2, -0.15) is 0 Å². The van der Waals surface area contributed by atoms with Gasteiger partial charge in [0.25, 0.3) is 5.91 Å². The number of ketones is 2. The second-order valence-electron chi connectivity index (χ2n) is 12.0. The molecule has 2 rings (SSSR count). The van der Waals surface area contributed by atoms with Crippen LogP contribution in [0.4, 0.5) is 4.79 Å². The van der Waals surface area contributed by atoms with Crippen LogP contribution in [0.3, 0.4) is 0 Å². The molecule has 2 aliphatic rings. The molecule has 45 heavy (non-hydrogen) atoms. The molecule has 0 aromatic rings. The number of rotatable bonds is 8. The van der Waals surface area contributed by atoms with E-state index in [1.807, 2.05) is 32.8 Å². The summed E-state index contributed by atoms with van der Waals surface area (Å²) in [6.45, 7) is 8.32. The van der Waals surface area contributed by atoms with E-state index in [-0.39, 0.29) is 34.9 Å². The quantitative estimate of drug-likeness (QED) is 0.177. The van der Waals surface area contributed by atoms with Crippen LogP contribution in [-0.4, -0.2) is 99.4 Å². The van der Waals surface area contributed by atoms with Crippen molar-refractivity contribution in [2.24, 2.45) is 17.6 Å². The van der Waals surface area contributed by atoms with E-state index in [1.54, 1.807) is 32.1 Å². The second kappa shape index (κ2) is 17.8. The molecule has 1 heterocycles. The number of Topliss-reactive ketones (excluding diaryl/α,β-unsaturated/α-hetero) is 1. The standard InChI is InChI=1S/C33H50N4O8/c1-19-15-23-28(35-13-10-14-37(5)6)25(38)18-24(30(23)40)36-32(41)20(2)11-9-12-26(43-7)31(45-33(34)42)22(4)17-21(3)29(39)27(16-19)44-8/h9,11-12,17-19,21,26-27,29,31,35,39H,10,13-16H2,1-8H3,(H2,34,42)(H,36,41)/b12-9+,20-11-,22-17+/t19-,21+,26+,27+,29-,31+/m1/s1. The van der Waals surface area contributed by atoms with E-state index in [0.29, 0.717) is 18.5 Å². The van der Waals surface area contributed by atoms with E-state index >= 15 is 0 Å². The van der Waals surface area contributed by atoms with Gasteiger partial charge < -0.3 is 40.6 Å². The average Bonchev–Trinajstić information content (AvgIpc) is 2.97. The van der Waals surface area contributed by atoms with Crippen molar-refractivity contribution in [1.29, 1.82) is 0 Å². The number of carbonyl (C=O) groups excluding carboxylic acids is 4. The zero-order valence-electron chi connectivity index (χ0n) is 27.7. The Balaban J connectivity index is 2.58. The number of aliphatic hydroxyl groups excluding tert-OH is 1. The fourth-order valence-corrected chi connectivity index (χ4v) is 5.39. The lowest BCUT2D eigenvalue weighted by Crippen LogP contribution is -2.38. The molecule has 0 aromatic heterocycles. The molecule has 2 amide bonds. The molecular weight excluding hydrogens is 580 g/mol. The zero-order chi connectivity index (χ0) is 33.8. The van der Waals surface area contributed by atoms with Crippen molar-refractivity contribution >= 4 is 23.6 Å². The number of hydrogen-bond donors (Lipinski definition) is 4. The summed E-state index contributed by atoms with van der Waals surface area (Å²) < 4.78 is 16.6. The molecule has 6 atom stereocenters. The molecule has 12 heteroatoms. The van der Waals surface area contributed by atoms with Crippen LogP contribution in [0, 0.1) is 11.8 Å². The molecule has 1 aliphatic carbocycles. The van der Waals surface area contributed by atoms with E-state index in [0.717, 1.165) is 19.0 Å². The number of carbonyl (C=O) groups is 4. The Morgan fingerprint density at radius 1 is 1.16 bits per heavy atom. The normalized spacial score (nSPS) is 30.5. The summed E-state index contributed by atoms with van der Waals surface area (Å²) in [5.74, 6) is -2.04. The van der Waals surface area contributed by atoms with Crippen molar-refractivity contribution in [3.8, 4) is 0 Å². The highest BCUT2D eigenvalue weighted by atomic mass is 16.6. The van der Waals surface area contributed by atoms with Gasteiger partial charge in [-0.3, -0.25) is 14.4 Å². The summed E-state index contributed by atoms with van der Waals surface area (Å²) in [5.41, 5.74) is 6.59. The van der Waals surface area contributed by atoms with Gasteiger partial charge in [0.15, 0.2) is 6.10 Å². The number of nitrogens with one attached hydrogen (secondary N) is 2. The van der Waals surface area contributed by atoms with Crippen LogP contribution < -0.4 is 16.4 Å². The summed E-state index contributed by atoms with van der Waals surface area (Å²) in [6.07, 6.45) is 4.67. The Morgan fingerprint density at radius 2 is 1.84 bits per heavy atom. The van der Waals surface area contributed by atoms with Gasteiger partial charge in [0.1, 0.15) is 6.10 Å². The first-order valence-electron chi connectivity index (χ1n) is 15.2. The van der Waals surface area contributed by atoms with Crippen LogP contribution in [-0.2, 0) is 28.6 Å². The number of ether oxygens (including phenoxy) is 3. The lowest BCUT2D eigenvalue weighted by molar-refractivity contribution is -0.120. The lowest BCUT2D eigenvalue weighted by Gasteiger charge is -2.30. The molecule has 0 radical (unpaired) electrons. The van der Waals surface area contributed by atoms with E-state index in [2.05, 4.69) is 10.6 Å². The van der Waals surface area contributed by atoms with Crippen LogP contribution in [0.1, 0.15) is 47.0 Å². The molecule has 0 aromatic carbocycles. The lowest BCUT2D eigenvalue weighted by atomic mass is 9.85. The maximum atomic E-state index is 13.7. The third-order valence-electron chi connectivity index (χ3n) is 7.88. The summed E-state index contributed by atoms with van der Waals surface area (Å²) >= 11 is 0. The third-order valence-corrected chi connectivity index (χ3v) is 7.88. The highest BCUT2D eigenvalue weighted by Crippen LogP contribution is 2.29. The van der Waals surface area contributed by atoms with Crippen LogP contribution in [0.25, 0.3) is 0 Å². The molecule has 5 N–H and O–H groups in total. The number of fused-ring (bicyclic) bond motifs is 2. The highest BCUT2D eigenvalue weighted by Gasteiger charge is 2.33. The summed E-state index contributed by atoms with van der Waals surface area (Å²) in [7, 11) is 6.85. The number of amides is 2. The smallest absolute Gasteiger partial charge is 0.405 e. The first kappa shape index (κ1) is 37.6. The average molecular weight is 631 g/mol. The Labute approximate surface area is 266 Å². The number of allylic oxidation sites excluding steroid dienone is 4. The molecule has 0 spiro atoms. The molecule has 250 valence electrons. The van der Waals surface area contributed by atoms with E-state index in [9.17, 15) is 24.3 Å². The minimum atomic E-state index is -0.996. The third kappa shape index (κ3) is 11.1. The maximum Gasteiger partial charge on any atom is 0.405 e. The molecule has 2 bridgehead atoms. The van der Waals surface area contributed by atoms with Gasteiger partial charge in [0.05, 0.1) is 23.6 Å². The van der Waals surface area contributed by atoms with Crippen molar-refractivity contribution in [2.75, 3.05) is 41.4 Å². The second-order valence-corrected chi connectivity index (χ2v) is 12.0. The molecule has 0 saturated carbocycles. The number of nitrogens with two attached hydrogens (primary N) is 1. The van der Waals surface area contributed by atoms with E-state index < -0.39 is 53.9 Å². The van der Waals surface area contributed by atoms with Crippen LogP contribution in [0.15, 0.2) is 58.5 Å². The molecule has 0 fully saturated rings. The van der Waals surface area contributed by atoms with Gasteiger partial charge in [0.2, 0.25) is 11.6 Å². The van der Waals surface area contributed by atoms with Gasteiger partial charge in [-0.1, -0.05) is 38.2 Å². The number of hydrogen-bond acceptors (Lipinski definition) is 10. The fraction of sp³-hybridized carbons (Fsp3) is 0.576. The van der Waals surface area contributed by atoms with Gasteiger partial charge in [-0.05, 0) is 65.2 Å². The molecule has 12 nitrogen and oxygen atoms in total. The van der Waals surface area contributed by atoms with Gasteiger partial charge in [-0.25, -0.2) is 4.79 Å². The van der Waals surface area contributed by atoms with Gasteiger partial charge >= 0.3 is 6.09 Å². The summed E-state index contributed by atoms with van der Waals surface area (Å²) in [6, 6.07) is 0. The highest BCUT2D eigenvalue weighted by molar-refractivity contribution is 6.23. The summed E-state index contributed by atoms with van der Waals surface area (Å²) in [5, 5.41) is 17.1. The maximum absolute atomic E-state index is 13.7. The van der Waals surface area contributed by atoms with Crippen LogP contribution >= 0.6 is 0 Å². The monoisotopic (exact) mass is 630 g/mol. The Kier molecular flexibility index (Phi) is 14.9. The topological polar surface area (TPSA) is 170 Å². The molecule has 1 aliphatic heterocycles. The fourth-order valence-electron chi connectivity index (χ4n) is 5.39. The molecular formula is C33H50N4O8. The van der Waals surface area contributed by atoms with Gasteiger partial charge in [-0.15, -0.1) is 0 Å². The van der Waals surface area contributed by atoms with E-state index in [1.165, 1.54) is 20.3 Å². The number of primary amides is 1. The largest absolute Gasteiger partial charge is 0.439 e. The van der Waals surface area contributed by atoms with Crippen molar-refractivity contribution < 1.29 is 38.5 Å². The van der Waals surface area contributed by atoms with Crippen molar-refractivity contribution in [1.82, 2.24) is 15.5 Å². The van der Waals surface area contributed by atoms with Crippen molar-refractivity contribution in [2.45, 2.75) is 71.4 Å². The Morgan fingerprint density at radius 3 is 2.44 bits per heavy atom. The Bertz CT molecular complexity index is 1250. The van der Waals surface area contributed by atoms with Crippen LogP contribution in [0.5, 0.6) is 0 Å². The predicted molar refractivity (Wildman–Crippen MR) is 171 cm³/mol. The first-order valence-corrected chi connectivity index (χ1v) is 15.2.